The first kappa shape index (κ1) is 17.7. The zero-order valence-corrected chi connectivity index (χ0v) is 15.7. The van der Waals surface area contributed by atoms with Gasteiger partial charge in [-0.3, -0.25) is 4.79 Å². The third kappa shape index (κ3) is 3.09. The van der Waals surface area contributed by atoms with Gasteiger partial charge < -0.3 is 9.47 Å². The minimum Gasteiger partial charge on any atom is -0.496 e. The van der Waals surface area contributed by atoms with Gasteiger partial charge in [-0.1, -0.05) is 42.5 Å². The Labute approximate surface area is 163 Å². The van der Waals surface area contributed by atoms with Crippen LogP contribution in [-0.2, 0) is 0 Å². The van der Waals surface area contributed by atoms with Crippen LogP contribution in [0.3, 0.4) is 0 Å². The molecule has 138 valence electrons. The fourth-order valence-corrected chi connectivity index (χ4v) is 3.39. The smallest absolute Gasteiger partial charge is 0.193 e. The summed E-state index contributed by atoms with van der Waals surface area (Å²) in [5.41, 5.74) is 3.15. The molecule has 0 spiro atoms. The second-order valence-electron chi connectivity index (χ2n) is 6.29. The lowest BCUT2D eigenvalue weighted by Gasteiger charge is -2.10. The van der Waals surface area contributed by atoms with Crippen LogP contribution in [0.1, 0.15) is 15.9 Å². The first-order valence-corrected chi connectivity index (χ1v) is 8.94. The summed E-state index contributed by atoms with van der Waals surface area (Å²) in [6, 6.07) is 21.1. The van der Waals surface area contributed by atoms with Crippen LogP contribution in [0.15, 0.2) is 72.8 Å². The number of carbonyl (C=O) groups excluding carboxylic acids is 1. The summed E-state index contributed by atoms with van der Waals surface area (Å²) in [4.78, 5) is 17.7. The van der Waals surface area contributed by atoms with Crippen molar-refractivity contribution in [3.63, 3.8) is 0 Å². The molecule has 0 N–H and O–H groups in total. The molecule has 0 radical (unpaired) electrons. The maximum absolute atomic E-state index is 13.0. The summed E-state index contributed by atoms with van der Waals surface area (Å²) in [6.07, 6.45) is 3.41. The number of fused-ring (bicyclic) bond motifs is 2. The summed E-state index contributed by atoms with van der Waals surface area (Å²) in [5.74, 6) is 0.788. The molecular weight excluding hydrogens is 350 g/mol. The SMILES string of the molecule is COc1cccc(OC)c1C(=O)/C=C/c1c2ccccc2nc2ccccc12. The molecule has 4 aromatic rings. The molecule has 0 bridgehead atoms. The molecule has 3 aromatic carbocycles. The Bertz CT molecular complexity index is 1130. The van der Waals surface area contributed by atoms with Crippen molar-refractivity contribution in [2.24, 2.45) is 0 Å². The van der Waals surface area contributed by atoms with E-state index in [9.17, 15) is 4.79 Å². The van der Waals surface area contributed by atoms with Gasteiger partial charge in [0.15, 0.2) is 5.78 Å². The van der Waals surface area contributed by atoms with E-state index in [0.717, 1.165) is 27.4 Å². The molecule has 0 atom stereocenters. The number of ketones is 1. The van der Waals surface area contributed by atoms with Gasteiger partial charge in [0.25, 0.3) is 0 Å². The number of ether oxygens (including phenoxy) is 2. The first-order chi connectivity index (χ1) is 13.7. The summed E-state index contributed by atoms with van der Waals surface area (Å²) < 4.78 is 10.7. The number of methoxy groups -OCH3 is 2. The van der Waals surface area contributed by atoms with Crippen LogP contribution in [-0.4, -0.2) is 25.0 Å². The van der Waals surface area contributed by atoms with Gasteiger partial charge in [0.1, 0.15) is 17.1 Å². The Balaban J connectivity index is 1.86. The van der Waals surface area contributed by atoms with Gasteiger partial charge in [0.05, 0.1) is 25.3 Å². The van der Waals surface area contributed by atoms with Crippen molar-refractivity contribution in [2.45, 2.75) is 0 Å². The quantitative estimate of drug-likeness (QED) is 0.272. The van der Waals surface area contributed by atoms with Gasteiger partial charge in [0.2, 0.25) is 0 Å². The molecule has 0 unspecified atom stereocenters. The number of pyridine rings is 1. The zero-order chi connectivity index (χ0) is 19.5. The number of benzene rings is 3. The van der Waals surface area contributed by atoms with Crippen molar-refractivity contribution >= 4 is 33.7 Å². The molecule has 0 amide bonds. The summed E-state index contributed by atoms with van der Waals surface area (Å²) >= 11 is 0. The van der Waals surface area contributed by atoms with E-state index in [2.05, 4.69) is 0 Å². The van der Waals surface area contributed by atoms with Gasteiger partial charge in [-0.2, -0.15) is 0 Å². The van der Waals surface area contributed by atoms with E-state index in [0.29, 0.717) is 17.1 Å². The Hall–Kier alpha value is -3.66. The van der Waals surface area contributed by atoms with Gasteiger partial charge in [0, 0.05) is 10.8 Å². The highest BCUT2D eigenvalue weighted by atomic mass is 16.5. The van der Waals surface area contributed by atoms with E-state index in [1.165, 1.54) is 0 Å². The van der Waals surface area contributed by atoms with Crippen molar-refractivity contribution in [3.05, 3.63) is 83.9 Å². The number of aromatic nitrogens is 1. The molecule has 0 aliphatic carbocycles. The normalized spacial score (nSPS) is 11.2. The van der Waals surface area contributed by atoms with Crippen molar-refractivity contribution in [1.82, 2.24) is 4.98 Å². The third-order valence-electron chi connectivity index (χ3n) is 4.70. The maximum Gasteiger partial charge on any atom is 0.193 e. The van der Waals surface area contributed by atoms with Crippen molar-refractivity contribution < 1.29 is 14.3 Å². The van der Waals surface area contributed by atoms with Crippen LogP contribution in [0.25, 0.3) is 27.9 Å². The molecule has 1 heterocycles. The fraction of sp³-hybridized carbons (Fsp3) is 0.0833. The van der Waals surface area contributed by atoms with Crippen LogP contribution in [0, 0.1) is 0 Å². The second-order valence-corrected chi connectivity index (χ2v) is 6.29. The highest BCUT2D eigenvalue weighted by Gasteiger charge is 2.16. The summed E-state index contributed by atoms with van der Waals surface area (Å²) in [7, 11) is 3.08. The van der Waals surface area contributed by atoms with Crippen LogP contribution in [0.5, 0.6) is 11.5 Å². The lowest BCUT2D eigenvalue weighted by molar-refractivity contribution is 0.104. The number of hydrogen-bond acceptors (Lipinski definition) is 4. The summed E-state index contributed by atoms with van der Waals surface area (Å²) in [5, 5.41) is 1.99. The van der Waals surface area contributed by atoms with Crippen LogP contribution in [0.4, 0.5) is 0 Å². The largest absolute Gasteiger partial charge is 0.496 e. The molecule has 4 rings (SSSR count). The third-order valence-corrected chi connectivity index (χ3v) is 4.70. The van der Waals surface area contributed by atoms with Gasteiger partial charge in [-0.15, -0.1) is 0 Å². The maximum atomic E-state index is 13.0. The standard InChI is InChI=1S/C24H19NO3/c1-27-22-12-7-13-23(28-2)24(22)21(26)15-14-16-17-8-3-5-10-19(17)25-20-11-6-4-9-18(16)20/h3-15H,1-2H3/b15-14+. The highest BCUT2D eigenvalue weighted by molar-refractivity contribution is 6.13. The molecule has 4 heteroatoms. The van der Waals surface area contributed by atoms with Crippen molar-refractivity contribution in [1.29, 1.82) is 0 Å². The highest BCUT2D eigenvalue weighted by Crippen LogP contribution is 2.30. The number of allylic oxidation sites excluding steroid dienone is 1. The van der Waals surface area contributed by atoms with Crippen molar-refractivity contribution in [2.75, 3.05) is 14.2 Å². The Morgan fingerprint density at radius 1 is 0.786 bits per heavy atom. The summed E-state index contributed by atoms with van der Waals surface area (Å²) in [6.45, 7) is 0. The minimum absolute atomic E-state index is 0.181. The van der Waals surface area contributed by atoms with E-state index in [4.69, 9.17) is 14.5 Å². The van der Waals surface area contributed by atoms with E-state index in [-0.39, 0.29) is 5.78 Å². The molecular formula is C24H19NO3. The first-order valence-electron chi connectivity index (χ1n) is 8.94. The molecule has 0 fully saturated rings. The molecule has 0 saturated heterocycles. The van der Waals surface area contributed by atoms with Crippen LogP contribution < -0.4 is 9.47 Å². The molecule has 1 aromatic heterocycles. The van der Waals surface area contributed by atoms with Gasteiger partial charge in [-0.25, -0.2) is 4.98 Å². The number of nitrogens with zero attached hydrogens (tertiary/aromatic N) is 1. The topological polar surface area (TPSA) is 48.4 Å². The number of hydrogen-bond donors (Lipinski definition) is 0. The van der Waals surface area contributed by atoms with E-state index >= 15 is 0 Å². The minimum atomic E-state index is -0.181. The zero-order valence-electron chi connectivity index (χ0n) is 15.7. The average Bonchev–Trinajstić information content (AvgIpc) is 2.75. The van der Waals surface area contributed by atoms with E-state index in [1.807, 2.05) is 54.6 Å². The molecule has 28 heavy (non-hydrogen) atoms. The lowest BCUT2D eigenvalue weighted by Crippen LogP contribution is -2.02. The molecule has 4 nitrogen and oxygen atoms in total. The second kappa shape index (κ2) is 7.53. The van der Waals surface area contributed by atoms with E-state index in [1.54, 1.807) is 38.5 Å². The Morgan fingerprint density at radius 2 is 1.32 bits per heavy atom. The number of carbonyl (C=O) groups is 1. The predicted molar refractivity (Wildman–Crippen MR) is 112 cm³/mol. The van der Waals surface area contributed by atoms with Gasteiger partial charge in [-0.05, 0) is 42.0 Å². The molecule has 0 aliphatic rings. The van der Waals surface area contributed by atoms with E-state index < -0.39 is 0 Å². The number of rotatable bonds is 5. The van der Waals surface area contributed by atoms with Crippen LogP contribution in [0.2, 0.25) is 0 Å². The van der Waals surface area contributed by atoms with Crippen LogP contribution >= 0.6 is 0 Å². The fourth-order valence-electron chi connectivity index (χ4n) is 3.39. The monoisotopic (exact) mass is 369 g/mol. The lowest BCUT2D eigenvalue weighted by atomic mass is 10.0. The predicted octanol–water partition coefficient (Wildman–Crippen LogP) is 5.30. The molecule has 0 aliphatic heterocycles. The number of para-hydroxylation sites is 2. The van der Waals surface area contributed by atoms with Crippen molar-refractivity contribution in [3.8, 4) is 11.5 Å². The Kier molecular flexibility index (Phi) is 4.77. The Morgan fingerprint density at radius 3 is 1.86 bits per heavy atom. The average molecular weight is 369 g/mol. The van der Waals surface area contributed by atoms with Gasteiger partial charge >= 0.3 is 0 Å². The molecule has 0 saturated carbocycles.